The molecule has 0 aliphatic carbocycles. The maximum atomic E-state index is 11.7. The van der Waals surface area contributed by atoms with Crippen LogP contribution in [0.2, 0.25) is 0 Å². The van der Waals surface area contributed by atoms with E-state index in [1.165, 1.54) is 0 Å². The predicted molar refractivity (Wildman–Crippen MR) is 157 cm³/mol. The minimum atomic E-state index is -5.08. The van der Waals surface area contributed by atoms with Gasteiger partial charge in [-0.15, -0.1) is 0 Å². The van der Waals surface area contributed by atoms with Gasteiger partial charge in [-0.1, -0.05) is 17.4 Å². The number of furan rings is 1. The van der Waals surface area contributed by atoms with Crippen LogP contribution in [0.4, 0.5) is 24.0 Å². The van der Waals surface area contributed by atoms with Crippen molar-refractivity contribution in [3.63, 3.8) is 0 Å². The topological polar surface area (TPSA) is 152 Å². The molecule has 4 aromatic heterocycles. The summed E-state index contributed by atoms with van der Waals surface area (Å²) in [5.41, 5.74) is 11.0. The van der Waals surface area contributed by atoms with E-state index in [-0.39, 0.29) is 11.9 Å². The third kappa shape index (κ3) is 6.26. The fourth-order valence-corrected chi connectivity index (χ4v) is 5.93. The maximum Gasteiger partial charge on any atom is 0.490 e. The molecule has 11 nitrogen and oxygen atoms in total. The first-order valence-electron chi connectivity index (χ1n) is 13.4. The number of benzene rings is 1. The van der Waals surface area contributed by atoms with Gasteiger partial charge in [-0.3, -0.25) is 14.5 Å². The fourth-order valence-electron chi connectivity index (χ4n) is 4.88. The zero-order valence-electron chi connectivity index (χ0n) is 23.2. The second-order valence-corrected chi connectivity index (χ2v) is 10.9. The van der Waals surface area contributed by atoms with Crippen molar-refractivity contribution in [2.75, 3.05) is 30.7 Å². The standard InChI is InChI=1S/C26H27N7O2S.C2HF3O2/c1-3-28-26-31-21-6-4-5-18(25(21)36-26)22-11-19-23(29-13-20(27)24(19)35-22)16-12-30-33(14-16)17-7-9-32(10-8-17)15(2)34;3-2(4,5)1(6)7/h4-6,11-14,17H,3,7-10,27H2,1-2H3,(H,28,31);(H,6,7). The van der Waals surface area contributed by atoms with E-state index in [1.54, 1.807) is 24.5 Å². The molecule has 226 valence electrons. The maximum absolute atomic E-state index is 11.7. The van der Waals surface area contributed by atoms with Crippen molar-refractivity contribution >= 4 is 55.2 Å². The van der Waals surface area contributed by atoms with E-state index < -0.39 is 12.1 Å². The normalized spacial score (nSPS) is 14.1. The van der Waals surface area contributed by atoms with Gasteiger partial charge >= 0.3 is 12.1 Å². The molecule has 1 aliphatic heterocycles. The van der Waals surface area contributed by atoms with Gasteiger partial charge in [0.15, 0.2) is 10.7 Å². The third-order valence-electron chi connectivity index (χ3n) is 6.99. The number of fused-ring (bicyclic) bond motifs is 2. The van der Waals surface area contributed by atoms with Crippen LogP contribution in [0, 0.1) is 0 Å². The molecule has 1 amide bonds. The Labute approximate surface area is 247 Å². The molecule has 15 heteroatoms. The van der Waals surface area contributed by atoms with Crippen LogP contribution >= 0.6 is 11.3 Å². The van der Waals surface area contributed by atoms with Crippen molar-refractivity contribution in [2.24, 2.45) is 0 Å². The highest BCUT2D eigenvalue weighted by Gasteiger charge is 2.38. The number of nitrogen functional groups attached to an aromatic ring is 1. The number of amides is 1. The highest BCUT2D eigenvalue weighted by Crippen LogP contribution is 2.40. The van der Waals surface area contributed by atoms with Crippen LogP contribution in [0.3, 0.4) is 0 Å². The number of carboxylic acids is 1. The monoisotopic (exact) mass is 615 g/mol. The molecule has 1 aliphatic rings. The van der Waals surface area contributed by atoms with Gasteiger partial charge in [0.2, 0.25) is 5.91 Å². The van der Waals surface area contributed by atoms with Crippen LogP contribution in [-0.4, -0.2) is 67.4 Å². The third-order valence-corrected chi connectivity index (χ3v) is 8.05. The fraction of sp³-hybridized carbons (Fsp3) is 0.321. The number of aromatic nitrogens is 4. The van der Waals surface area contributed by atoms with Crippen molar-refractivity contribution in [1.82, 2.24) is 24.6 Å². The number of aliphatic carboxylic acids is 1. The van der Waals surface area contributed by atoms with Gasteiger partial charge in [-0.2, -0.15) is 18.3 Å². The number of rotatable bonds is 5. The molecule has 0 atom stereocenters. The number of hydrogen-bond acceptors (Lipinski definition) is 9. The lowest BCUT2D eigenvalue weighted by molar-refractivity contribution is -0.192. The van der Waals surface area contributed by atoms with E-state index in [0.717, 1.165) is 75.8 Å². The number of likely N-dealkylation sites (tertiary alicyclic amines) is 1. The van der Waals surface area contributed by atoms with Crippen molar-refractivity contribution in [3.05, 3.63) is 42.9 Å². The quantitative estimate of drug-likeness (QED) is 0.223. The number of nitrogens with zero attached hydrogens (tertiary/aromatic N) is 5. The smallest absolute Gasteiger partial charge is 0.475 e. The summed E-state index contributed by atoms with van der Waals surface area (Å²) in [6.07, 6.45) is 2.20. The summed E-state index contributed by atoms with van der Waals surface area (Å²) in [6, 6.07) is 8.31. The van der Waals surface area contributed by atoms with Gasteiger partial charge in [0.05, 0.1) is 40.0 Å². The summed E-state index contributed by atoms with van der Waals surface area (Å²) in [5, 5.41) is 16.8. The Morgan fingerprint density at radius 2 is 1.95 bits per heavy atom. The number of piperidine rings is 1. The molecule has 1 aromatic carbocycles. The van der Waals surface area contributed by atoms with E-state index in [4.69, 9.17) is 20.1 Å². The highest BCUT2D eigenvalue weighted by molar-refractivity contribution is 7.22. The molecule has 0 saturated carbocycles. The number of carbonyl (C=O) groups excluding carboxylic acids is 1. The van der Waals surface area contributed by atoms with Crippen LogP contribution in [0.5, 0.6) is 0 Å². The summed E-state index contributed by atoms with van der Waals surface area (Å²) in [5.74, 6) is -1.90. The molecule has 5 heterocycles. The number of hydrogen-bond donors (Lipinski definition) is 3. The number of halogens is 3. The molecule has 5 aromatic rings. The lowest BCUT2D eigenvalue weighted by Crippen LogP contribution is -2.37. The zero-order chi connectivity index (χ0) is 30.9. The molecule has 0 spiro atoms. The van der Waals surface area contributed by atoms with Crippen LogP contribution in [-0.2, 0) is 9.59 Å². The Bertz CT molecular complexity index is 1790. The van der Waals surface area contributed by atoms with Crippen molar-refractivity contribution in [2.45, 2.75) is 38.9 Å². The zero-order valence-corrected chi connectivity index (χ0v) is 24.0. The van der Waals surface area contributed by atoms with Crippen molar-refractivity contribution in [3.8, 4) is 22.6 Å². The van der Waals surface area contributed by atoms with E-state index in [1.807, 2.05) is 46.2 Å². The van der Waals surface area contributed by atoms with Crippen LogP contribution in [0.15, 0.2) is 47.3 Å². The molecule has 0 bridgehead atoms. The highest BCUT2D eigenvalue weighted by atomic mass is 32.1. The Hall–Kier alpha value is -4.66. The molecular formula is C28H28F3N7O4S. The lowest BCUT2D eigenvalue weighted by atomic mass is 10.1. The minimum Gasteiger partial charge on any atom is -0.475 e. The number of thiazole rings is 1. The van der Waals surface area contributed by atoms with Crippen molar-refractivity contribution < 1.29 is 32.3 Å². The SMILES string of the molecule is CCNc1nc2cccc(-c3cc4c(-c5cnn(C6CCN(C(C)=O)CC6)c5)ncc(N)c4o3)c2s1.O=C(O)C(F)(F)F. The molecule has 0 unspecified atom stereocenters. The minimum absolute atomic E-state index is 0.130. The second kappa shape index (κ2) is 11.9. The number of nitrogens with one attached hydrogen (secondary N) is 1. The summed E-state index contributed by atoms with van der Waals surface area (Å²) in [7, 11) is 0. The lowest BCUT2D eigenvalue weighted by Gasteiger charge is -2.31. The Morgan fingerprint density at radius 3 is 2.60 bits per heavy atom. The number of anilines is 2. The number of pyridine rings is 1. The Morgan fingerprint density at radius 1 is 1.23 bits per heavy atom. The molecular weight excluding hydrogens is 587 g/mol. The van der Waals surface area contributed by atoms with Crippen LogP contribution < -0.4 is 11.1 Å². The van der Waals surface area contributed by atoms with E-state index in [0.29, 0.717) is 11.3 Å². The molecule has 0 radical (unpaired) electrons. The average molecular weight is 616 g/mol. The largest absolute Gasteiger partial charge is 0.490 e. The summed E-state index contributed by atoms with van der Waals surface area (Å²) in [4.78, 5) is 31.8. The van der Waals surface area contributed by atoms with Gasteiger partial charge < -0.3 is 25.5 Å². The Kier molecular flexibility index (Phi) is 8.26. The second-order valence-electron chi connectivity index (χ2n) is 9.87. The first kappa shape index (κ1) is 29.8. The van der Waals surface area contributed by atoms with Gasteiger partial charge in [0.1, 0.15) is 5.76 Å². The molecule has 1 fully saturated rings. The van der Waals surface area contributed by atoms with Gasteiger partial charge in [-0.25, -0.2) is 9.78 Å². The van der Waals surface area contributed by atoms with Gasteiger partial charge in [0.25, 0.3) is 0 Å². The molecule has 6 rings (SSSR count). The molecule has 1 saturated heterocycles. The summed E-state index contributed by atoms with van der Waals surface area (Å²) >= 11 is 1.61. The summed E-state index contributed by atoms with van der Waals surface area (Å²) < 4.78 is 41.1. The number of carbonyl (C=O) groups is 2. The Balaban J connectivity index is 0.000000472. The van der Waals surface area contributed by atoms with Crippen molar-refractivity contribution in [1.29, 1.82) is 0 Å². The average Bonchev–Trinajstić information content (AvgIpc) is 3.72. The van der Waals surface area contributed by atoms with E-state index in [2.05, 4.69) is 27.3 Å². The predicted octanol–water partition coefficient (Wildman–Crippen LogP) is 5.80. The first-order valence-corrected chi connectivity index (χ1v) is 14.2. The molecule has 4 N–H and O–H groups in total. The number of nitrogens with two attached hydrogens (primary N) is 1. The summed E-state index contributed by atoms with van der Waals surface area (Å²) in [6.45, 7) is 6.00. The van der Waals surface area contributed by atoms with E-state index in [9.17, 15) is 18.0 Å². The molecule has 43 heavy (non-hydrogen) atoms. The van der Waals surface area contributed by atoms with Gasteiger partial charge in [0, 0.05) is 49.3 Å². The number of alkyl halides is 3. The van der Waals surface area contributed by atoms with Gasteiger partial charge in [-0.05, 0) is 38.0 Å². The van der Waals surface area contributed by atoms with Crippen LogP contribution in [0.1, 0.15) is 32.7 Å². The first-order chi connectivity index (χ1) is 20.5. The number of carboxylic acid groups (broad SMARTS) is 1. The van der Waals surface area contributed by atoms with Crippen LogP contribution in [0.25, 0.3) is 43.8 Å². The van der Waals surface area contributed by atoms with E-state index >= 15 is 0 Å².